The first-order chi connectivity index (χ1) is 10.4. The van der Waals surface area contributed by atoms with E-state index in [1.165, 1.54) is 11.3 Å². The summed E-state index contributed by atoms with van der Waals surface area (Å²) < 4.78 is 0.953. The number of carbonyl (C=O) groups is 3. The molecule has 7 nitrogen and oxygen atoms in total. The largest absolute Gasteiger partial charge is 0.325 e. The lowest BCUT2D eigenvalue weighted by molar-refractivity contribution is -0.132. The number of nitrogens with one attached hydrogen (secondary N) is 2. The van der Waals surface area contributed by atoms with Crippen LogP contribution in [-0.4, -0.2) is 39.8 Å². The van der Waals surface area contributed by atoms with Crippen LogP contribution in [0.5, 0.6) is 0 Å². The second kappa shape index (κ2) is 5.06. The molecule has 1 aliphatic rings. The molecule has 0 radical (unpaired) electrons. The summed E-state index contributed by atoms with van der Waals surface area (Å²) in [6.45, 7) is 2.86. The number of para-hydroxylation sites is 1. The molecule has 2 N–H and O–H groups in total. The van der Waals surface area contributed by atoms with Crippen LogP contribution in [0.1, 0.15) is 13.8 Å². The molecule has 0 aliphatic carbocycles. The van der Waals surface area contributed by atoms with Gasteiger partial charge < -0.3 is 10.6 Å². The molecule has 0 atom stereocenters. The third-order valence-corrected chi connectivity index (χ3v) is 4.24. The molecule has 22 heavy (non-hydrogen) atoms. The van der Waals surface area contributed by atoms with Crippen LogP contribution in [0.15, 0.2) is 24.3 Å². The molecule has 3 rings (SSSR count). The molecule has 2 aromatic rings. The first-order valence-electron chi connectivity index (χ1n) is 6.66. The van der Waals surface area contributed by atoms with Crippen molar-refractivity contribution in [2.24, 2.45) is 0 Å². The summed E-state index contributed by atoms with van der Waals surface area (Å²) in [5, 5.41) is 5.59. The number of benzene rings is 1. The maximum absolute atomic E-state index is 12.0. The zero-order valence-electron chi connectivity index (χ0n) is 12.0. The van der Waals surface area contributed by atoms with Gasteiger partial charge >= 0.3 is 6.03 Å². The molecule has 8 heteroatoms. The summed E-state index contributed by atoms with van der Waals surface area (Å²) in [6, 6.07) is 6.95. The molecule has 1 aromatic heterocycles. The number of amides is 4. The number of aromatic nitrogens is 1. The summed E-state index contributed by atoms with van der Waals surface area (Å²) in [7, 11) is 0. The number of rotatable bonds is 3. The van der Waals surface area contributed by atoms with Gasteiger partial charge in [-0.2, -0.15) is 0 Å². The predicted molar refractivity (Wildman–Crippen MR) is 82.6 cm³/mol. The van der Waals surface area contributed by atoms with E-state index in [1.54, 1.807) is 13.8 Å². The van der Waals surface area contributed by atoms with Crippen LogP contribution in [0.2, 0.25) is 0 Å². The van der Waals surface area contributed by atoms with Crippen molar-refractivity contribution >= 4 is 44.5 Å². The fraction of sp³-hybridized carbons (Fsp3) is 0.286. The van der Waals surface area contributed by atoms with E-state index >= 15 is 0 Å². The Kier molecular flexibility index (Phi) is 3.32. The van der Waals surface area contributed by atoms with Gasteiger partial charge in [0.25, 0.3) is 5.91 Å². The van der Waals surface area contributed by atoms with Crippen LogP contribution in [0, 0.1) is 0 Å². The number of carbonyl (C=O) groups excluding carboxylic acids is 3. The quantitative estimate of drug-likeness (QED) is 0.840. The first kappa shape index (κ1) is 14.5. The summed E-state index contributed by atoms with van der Waals surface area (Å²) in [6.07, 6.45) is 0. The molecule has 114 valence electrons. The second-order valence-corrected chi connectivity index (χ2v) is 6.51. The van der Waals surface area contributed by atoms with Gasteiger partial charge in [-0.1, -0.05) is 23.5 Å². The fourth-order valence-electron chi connectivity index (χ4n) is 2.19. The highest BCUT2D eigenvalue weighted by molar-refractivity contribution is 7.22. The number of hydrogen-bond acceptors (Lipinski definition) is 5. The monoisotopic (exact) mass is 318 g/mol. The van der Waals surface area contributed by atoms with Gasteiger partial charge in [-0.25, -0.2) is 9.78 Å². The Morgan fingerprint density at radius 3 is 2.73 bits per heavy atom. The smallest absolute Gasteiger partial charge is 0.324 e. The number of thiazole rings is 1. The number of anilines is 1. The Morgan fingerprint density at radius 1 is 1.36 bits per heavy atom. The van der Waals surface area contributed by atoms with Crippen molar-refractivity contribution in [2.75, 3.05) is 11.9 Å². The SMILES string of the molecule is CC1(C)NC(=O)N(CC(=O)Nc2nc3ccccc3s2)C1=O. The highest BCUT2D eigenvalue weighted by Gasteiger charge is 2.44. The van der Waals surface area contributed by atoms with Gasteiger partial charge in [0.15, 0.2) is 5.13 Å². The molecule has 0 bridgehead atoms. The van der Waals surface area contributed by atoms with Crippen molar-refractivity contribution in [2.45, 2.75) is 19.4 Å². The van der Waals surface area contributed by atoms with Crippen LogP contribution in [0.25, 0.3) is 10.2 Å². The van der Waals surface area contributed by atoms with Gasteiger partial charge in [-0.3, -0.25) is 14.5 Å². The molecule has 4 amide bonds. The van der Waals surface area contributed by atoms with Gasteiger partial charge in [0, 0.05) is 0 Å². The molecule has 0 unspecified atom stereocenters. The van der Waals surface area contributed by atoms with E-state index in [2.05, 4.69) is 15.6 Å². The molecule has 2 heterocycles. The Labute approximate surface area is 130 Å². The van der Waals surface area contributed by atoms with Crippen LogP contribution >= 0.6 is 11.3 Å². The molecule has 0 saturated carbocycles. The Bertz CT molecular complexity index is 750. The topological polar surface area (TPSA) is 91.4 Å². The highest BCUT2D eigenvalue weighted by Crippen LogP contribution is 2.25. The van der Waals surface area contributed by atoms with Crippen LogP contribution in [0.4, 0.5) is 9.93 Å². The third kappa shape index (κ3) is 2.52. The number of nitrogens with zero attached hydrogens (tertiary/aromatic N) is 2. The summed E-state index contributed by atoms with van der Waals surface area (Å²) >= 11 is 1.34. The molecular formula is C14H14N4O3S. The number of imide groups is 1. The van der Waals surface area contributed by atoms with E-state index < -0.39 is 23.4 Å². The minimum Gasteiger partial charge on any atom is -0.324 e. The number of fused-ring (bicyclic) bond motifs is 1. The first-order valence-corrected chi connectivity index (χ1v) is 7.48. The van der Waals surface area contributed by atoms with E-state index in [0.717, 1.165) is 15.1 Å². The average Bonchev–Trinajstić information content (AvgIpc) is 2.92. The van der Waals surface area contributed by atoms with Crippen molar-refractivity contribution in [3.05, 3.63) is 24.3 Å². The van der Waals surface area contributed by atoms with Gasteiger partial charge in [-0.15, -0.1) is 0 Å². The highest BCUT2D eigenvalue weighted by atomic mass is 32.1. The van der Waals surface area contributed by atoms with E-state index in [0.29, 0.717) is 5.13 Å². The Morgan fingerprint density at radius 2 is 2.09 bits per heavy atom. The van der Waals surface area contributed by atoms with E-state index in [4.69, 9.17) is 0 Å². The molecule has 0 spiro atoms. The third-order valence-electron chi connectivity index (χ3n) is 3.29. The van der Waals surface area contributed by atoms with Crippen molar-refractivity contribution in [3.8, 4) is 0 Å². The van der Waals surface area contributed by atoms with Crippen LogP contribution < -0.4 is 10.6 Å². The number of hydrogen-bond donors (Lipinski definition) is 2. The molecule has 1 fully saturated rings. The van der Waals surface area contributed by atoms with E-state index in [1.807, 2.05) is 24.3 Å². The summed E-state index contributed by atoms with van der Waals surface area (Å²) in [5.41, 5.74) is -0.188. The molecule has 1 saturated heterocycles. The molecule has 1 aromatic carbocycles. The lowest BCUT2D eigenvalue weighted by atomic mass is 10.1. The number of urea groups is 1. The molecular weight excluding hydrogens is 304 g/mol. The molecule has 1 aliphatic heterocycles. The zero-order chi connectivity index (χ0) is 15.9. The lowest BCUT2D eigenvalue weighted by Gasteiger charge is -2.15. The average molecular weight is 318 g/mol. The summed E-state index contributed by atoms with van der Waals surface area (Å²) in [5.74, 6) is -0.878. The van der Waals surface area contributed by atoms with Crippen LogP contribution in [-0.2, 0) is 9.59 Å². The van der Waals surface area contributed by atoms with Gasteiger partial charge in [-0.05, 0) is 26.0 Å². The second-order valence-electron chi connectivity index (χ2n) is 5.48. The maximum Gasteiger partial charge on any atom is 0.325 e. The van der Waals surface area contributed by atoms with Gasteiger partial charge in [0.1, 0.15) is 12.1 Å². The minimum atomic E-state index is -0.979. The minimum absolute atomic E-state index is 0.329. The van der Waals surface area contributed by atoms with Crippen molar-refractivity contribution in [1.29, 1.82) is 0 Å². The predicted octanol–water partition coefficient (Wildman–Crippen LogP) is 1.57. The van der Waals surface area contributed by atoms with Crippen molar-refractivity contribution < 1.29 is 14.4 Å². The summed E-state index contributed by atoms with van der Waals surface area (Å²) in [4.78, 5) is 41.0. The van der Waals surface area contributed by atoms with E-state index in [-0.39, 0.29) is 6.54 Å². The standard InChI is InChI=1S/C14H14N4O3S/c1-14(2)11(20)18(13(21)17-14)7-10(19)16-12-15-8-5-3-4-6-9(8)22-12/h3-6H,7H2,1-2H3,(H,17,21)(H,15,16,19). The van der Waals surface area contributed by atoms with Crippen LogP contribution in [0.3, 0.4) is 0 Å². The Balaban J connectivity index is 1.70. The van der Waals surface area contributed by atoms with Crippen molar-refractivity contribution in [1.82, 2.24) is 15.2 Å². The van der Waals surface area contributed by atoms with E-state index in [9.17, 15) is 14.4 Å². The van der Waals surface area contributed by atoms with Crippen molar-refractivity contribution in [3.63, 3.8) is 0 Å². The maximum atomic E-state index is 12.0. The Hall–Kier alpha value is -2.48. The normalized spacial score (nSPS) is 16.9. The van der Waals surface area contributed by atoms with Gasteiger partial charge in [0.2, 0.25) is 5.91 Å². The lowest BCUT2D eigenvalue weighted by Crippen LogP contribution is -2.41. The van der Waals surface area contributed by atoms with Gasteiger partial charge in [0.05, 0.1) is 10.2 Å². The zero-order valence-corrected chi connectivity index (χ0v) is 12.9. The fourth-order valence-corrected chi connectivity index (χ4v) is 3.07.